The first-order valence-electron chi connectivity index (χ1n) is 6.19. The second kappa shape index (κ2) is 6.91. The van der Waals surface area contributed by atoms with Crippen molar-refractivity contribution < 1.29 is 13.5 Å². The van der Waals surface area contributed by atoms with E-state index in [0.717, 1.165) is 13.1 Å². The van der Waals surface area contributed by atoms with Crippen LogP contribution in [0.5, 0.6) is 5.75 Å². The summed E-state index contributed by atoms with van der Waals surface area (Å²) in [6.07, 6.45) is -0.103. The fraction of sp³-hybridized carbons (Fsp3) is 0.538. The molecule has 1 aromatic rings. The average Bonchev–Trinajstić information content (AvgIpc) is 2.28. The molecular weight excluding hydrogens is 274 g/mol. The molecule has 6 heteroatoms. The lowest BCUT2D eigenvalue weighted by Gasteiger charge is -2.30. The van der Waals surface area contributed by atoms with E-state index >= 15 is 0 Å². The number of piperazine rings is 1. The molecule has 0 aliphatic carbocycles. The van der Waals surface area contributed by atoms with E-state index in [1.165, 1.54) is 12.1 Å². The van der Waals surface area contributed by atoms with E-state index in [1.54, 1.807) is 4.90 Å². The Hall–Kier alpha value is -1.07. The van der Waals surface area contributed by atoms with E-state index in [4.69, 9.17) is 4.74 Å². The molecule has 1 aromatic carbocycles. The number of hydrogen-bond donors (Lipinski definition) is 1. The molecule has 3 nitrogen and oxygen atoms in total. The standard InChI is InChI=1S/C13H18F2N2O.ClH/c1-9(2)18-10-7-11(14)13(12(15)8-10)17-5-3-16-4-6-17;/h7-9,16H,3-6H2,1-2H3;1H. The minimum atomic E-state index is -0.562. The van der Waals surface area contributed by atoms with Gasteiger partial charge in [-0.1, -0.05) is 0 Å². The lowest BCUT2D eigenvalue weighted by molar-refractivity contribution is 0.240. The molecule has 1 aliphatic rings. The highest BCUT2D eigenvalue weighted by Gasteiger charge is 2.20. The lowest BCUT2D eigenvalue weighted by Crippen LogP contribution is -2.44. The van der Waals surface area contributed by atoms with Crippen molar-refractivity contribution in [1.29, 1.82) is 0 Å². The molecule has 2 rings (SSSR count). The molecule has 1 fully saturated rings. The Morgan fingerprint density at radius 2 is 1.68 bits per heavy atom. The number of nitrogens with one attached hydrogen (secondary N) is 1. The van der Waals surface area contributed by atoms with Crippen molar-refractivity contribution in [1.82, 2.24) is 5.32 Å². The molecule has 1 N–H and O–H groups in total. The third kappa shape index (κ3) is 3.94. The van der Waals surface area contributed by atoms with Gasteiger partial charge in [-0.2, -0.15) is 0 Å². The van der Waals surface area contributed by atoms with E-state index in [-0.39, 0.29) is 29.9 Å². The molecule has 1 heterocycles. The number of anilines is 1. The van der Waals surface area contributed by atoms with Crippen LogP contribution in [0.25, 0.3) is 0 Å². The first-order valence-corrected chi connectivity index (χ1v) is 6.19. The highest BCUT2D eigenvalue weighted by atomic mass is 35.5. The normalized spacial score (nSPS) is 15.3. The van der Waals surface area contributed by atoms with Gasteiger partial charge in [-0.15, -0.1) is 12.4 Å². The van der Waals surface area contributed by atoms with Gasteiger partial charge in [-0.05, 0) is 13.8 Å². The van der Waals surface area contributed by atoms with Crippen molar-refractivity contribution in [2.45, 2.75) is 20.0 Å². The van der Waals surface area contributed by atoms with Crippen LogP contribution in [0.4, 0.5) is 14.5 Å². The summed E-state index contributed by atoms with van der Waals surface area (Å²) in [6.45, 7) is 6.34. The number of nitrogens with zero attached hydrogens (tertiary/aromatic N) is 1. The van der Waals surface area contributed by atoms with Crippen LogP contribution < -0.4 is 15.0 Å². The summed E-state index contributed by atoms with van der Waals surface area (Å²) in [5, 5.41) is 3.15. The van der Waals surface area contributed by atoms with E-state index < -0.39 is 11.6 Å². The van der Waals surface area contributed by atoms with Gasteiger partial charge in [0.2, 0.25) is 0 Å². The van der Waals surface area contributed by atoms with Crippen LogP contribution in [0.2, 0.25) is 0 Å². The van der Waals surface area contributed by atoms with Crippen LogP contribution in [0.3, 0.4) is 0 Å². The van der Waals surface area contributed by atoms with Gasteiger partial charge >= 0.3 is 0 Å². The van der Waals surface area contributed by atoms with Crippen molar-refractivity contribution in [2.24, 2.45) is 0 Å². The minimum absolute atomic E-state index is 0. The third-order valence-electron chi connectivity index (χ3n) is 2.80. The van der Waals surface area contributed by atoms with E-state index in [9.17, 15) is 8.78 Å². The molecule has 0 bridgehead atoms. The number of hydrogen-bond acceptors (Lipinski definition) is 3. The van der Waals surface area contributed by atoms with Gasteiger partial charge in [0.05, 0.1) is 6.10 Å². The second-order valence-corrected chi connectivity index (χ2v) is 4.64. The highest BCUT2D eigenvalue weighted by Crippen LogP contribution is 2.28. The number of halogens is 3. The number of benzene rings is 1. The second-order valence-electron chi connectivity index (χ2n) is 4.64. The summed E-state index contributed by atoms with van der Waals surface area (Å²) in [6, 6.07) is 2.50. The lowest BCUT2D eigenvalue weighted by atomic mass is 10.2. The predicted molar refractivity (Wildman–Crippen MR) is 74.5 cm³/mol. The Morgan fingerprint density at radius 1 is 1.16 bits per heavy atom. The summed E-state index contributed by atoms with van der Waals surface area (Å²) in [5.41, 5.74) is 0.0487. The van der Waals surface area contributed by atoms with E-state index in [2.05, 4.69) is 5.32 Å². The van der Waals surface area contributed by atoms with Gasteiger partial charge in [0, 0.05) is 38.3 Å². The van der Waals surface area contributed by atoms with E-state index in [1.807, 2.05) is 13.8 Å². The Kier molecular flexibility index (Phi) is 5.82. The minimum Gasteiger partial charge on any atom is -0.491 e. The van der Waals surface area contributed by atoms with Crippen LogP contribution in [0.1, 0.15) is 13.8 Å². The maximum absolute atomic E-state index is 14.0. The predicted octanol–water partition coefficient (Wildman–Crippen LogP) is 2.58. The van der Waals surface area contributed by atoms with Crippen LogP contribution in [0, 0.1) is 11.6 Å². The fourth-order valence-electron chi connectivity index (χ4n) is 2.07. The SMILES string of the molecule is CC(C)Oc1cc(F)c(N2CCNCC2)c(F)c1.Cl. The molecule has 0 spiro atoms. The largest absolute Gasteiger partial charge is 0.491 e. The zero-order valence-corrected chi connectivity index (χ0v) is 11.9. The zero-order chi connectivity index (χ0) is 13.1. The van der Waals surface area contributed by atoms with Gasteiger partial charge in [0.25, 0.3) is 0 Å². The summed E-state index contributed by atoms with van der Waals surface area (Å²) >= 11 is 0. The summed E-state index contributed by atoms with van der Waals surface area (Å²) in [7, 11) is 0. The van der Waals surface area contributed by atoms with Gasteiger partial charge in [-0.25, -0.2) is 8.78 Å². The number of rotatable bonds is 3. The average molecular weight is 293 g/mol. The molecular formula is C13H19ClF2N2O. The number of ether oxygens (including phenoxy) is 1. The quantitative estimate of drug-likeness (QED) is 0.927. The fourth-order valence-corrected chi connectivity index (χ4v) is 2.07. The molecule has 0 radical (unpaired) electrons. The van der Waals surface area contributed by atoms with Crippen molar-refractivity contribution >= 4 is 18.1 Å². The van der Waals surface area contributed by atoms with Gasteiger partial charge < -0.3 is 15.0 Å². The summed E-state index contributed by atoms with van der Waals surface area (Å²) in [4.78, 5) is 1.72. The summed E-state index contributed by atoms with van der Waals surface area (Å²) in [5.74, 6) is -0.890. The molecule has 0 aromatic heterocycles. The van der Waals surface area contributed by atoms with Crippen LogP contribution >= 0.6 is 12.4 Å². The first-order chi connectivity index (χ1) is 8.58. The van der Waals surface area contributed by atoms with Crippen LogP contribution in [-0.2, 0) is 0 Å². The van der Waals surface area contributed by atoms with Crippen molar-refractivity contribution in [3.05, 3.63) is 23.8 Å². The highest BCUT2D eigenvalue weighted by molar-refractivity contribution is 5.85. The molecule has 19 heavy (non-hydrogen) atoms. The molecule has 0 unspecified atom stereocenters. The maximum Gasteiger partial charge on any atom is 0.153 e. The third-order valence-corrected chi connectivity index (χ3v) is 2.80. The molecule has 1 aliphatic heterocycles. The molecule has 0 amide bonds. The monoisotopic (exact) mass is 292 g/mol. The first kappa shape index (κ1) is 16.0. The van der Waals surface area contributed by atoms with E-state index in [0.29, 0.717) is 13.1 Å². The van der Waals surface area contributed by atoms with Crippen molar-refractivity contribution in [3.8, 4) is 5.75 Å². The molecule has 108 valence electrons. The Bertz CT molecular complexity index is 400. The Balaban J connectivity index is 0.00000180. The topological polar surface area (TPSA) is 24.5 Å². The maximum atomic E-state index is 14.0. The van der Waals surface area contributed by atoms with Gasteiger partial charge in [0.1, 0.15) is 11.4 Å². The van der Waals surface area contributed by atoms with Gasteiger partial charge in [0.15, 0.2) is 11.6 Å². The molecule has 0 saturated carbocycles. The Morgan fingerprint density at radius 3 is 2.16 bits per heavy atom. The van der Waals surface area contributed by atoms with Crippen molar-refractivity contribution in [3.63, 3.8) is 0 Å². The molecule has 1 saturated heterocycles. The molecule has 0 atom stereocenters. The zero-order valence-electron chi connectivity index (χ0n) is 11.1. The van der Waals surface area contributed by atoms with Crippen LogP contribution in [-0.4, -0.2) is 32.3 Å². The smallest absolute Gasteiger partial charge is 0.153 e. The Labute approximate surface area is 118 Å². The van der Waals surface area contributed by atoms with Gasteiger partial charge in [-0.3, -0.25) is 0 Å². The summed E-state index contributed by atoms with van der Waals surface area (Å²) < 4.78 is 33.2. The van der Waals surface area contributed by atoms with Crippen LogP contribution in [0.15, 0.2) is 12.1 Å². The van der Waals surface area contributed by atoms with Crippen molar-refractivity contribution in [2.75, 3.05) is 31.1 Å².